The molecule has 0 amide bonds. The lowest BCUT2D eigenvalue weighted by Crippen LogP contribution is -2.30. The molecule has 17 nitrogen and oxygen atoms in total. The number of rotatable bonds is 73. The molecule has 0 saturated carbocycles. The summed E-state index contributed by atoms with van der Waals surface area (Å²) >= 11 is 0. The van der Waals surface area contributed by atoms with Crippen LogP contribution in [0.4, 0.5) is 0 Å². The number of carbonyl (C=O) groups is 4. The Balaban J connectivity index is 5.11. The van der Waals surface area contributed by atoms with Crippen molar-refractivity contribution in [3.63, 3.8) is 0 Å². The van der Waals surface area contributed by atoms with E-state index < -0.39 is 97.5 Å². The van der Waals surface area contributed by atoms with Crippen LogP contribution in [-0.2, 0) is 65.4 Å². The summed E-state index contributed by atoms with van der Waals surface area (Å²) in [7, 11) is -9.89. The number of aliphatic hydroxyl groups is 1. The zero-order chi connectivity index (χ0) is 66.8. The van der Waals surface area contributed by atoms with Gasteiger partial charge in [-0.25, -0.2) is 9.13 Å². The number of phosphoric ester groups is 2. The van der Waals surface area contributed by atoms with Crippen LogP contribution in [0.3, 0.4) is 0 Å². The lowest BCUT2D eigenvalue weighted by atomic mass is 10.0. The summed E-state index contributed by atoms with van der Waals surface area (Å²) in [5, 5.41) is 10.6. The van der Waals surface area contributed by atoms with Gasteiger partial charge in [-0.15, -0.1) is 0 Å². The van der Waals surface area contributed by atoms with E-state index in [4.69, 9.17) is 37.0 Å². The molecule has 19 heteroatoms. The van der Waals surface area contributed by atoms with E-state index in [-0.39, 0.29) is 25.7 Å². The van der Waals surface area contributed by atoms with Crippen molar-refractivity contribution in [1.29, 1.82) is 0 Å². The predicted molar refractivity (Wildman–Crippen MR) is 368 cm³/mol. The van der Waals surface area contributed by atoms with E-state index in [2.05, 4.69) is 27.7 Å². The molecule has 0 aliphatic rings. The third-order valence-electron chi connectivity index (χ3n) is 16.9. The van der Waals surface area contributed by atoms with Crippen LogP contribution in [0, 0.1) is 0 Å². The van der Waals surface area contributed by atoms with Crippen LogP contribution in [0.2, 0.25) is 0 Å². The number of ether oxygens (including phenoxy) is 4. The van der Waals surface area contributed by atoms with Gasteiger partial charge in [0.15, 0.2) is 12.2 Å². The summed E-state index contributed by atoms with van der Waals surface area (Å²) in [4.78, 5) is 72.4. The van der Waals surface area contributed by atoms with E-state index in [1.54, 1.807) is 0 Å². The third-order valence-corrected chi connectivity index (χ3v) is 18.8. The number of hydrogen-bond donors (Lipinski definition) is 3. The second-order valence-electron chi connectivity index (χ2n) is 26.0. The van der Waals surface area contributed by atoms with E-state index in [1.165, 1.54) is 199 Å². The number of esters is 4. The zero-order valence-electron chi connectivity index (χ0n) is 58.8. The van der Waals surface area contributed by atoms with Gasteiger partial charge in [-0.1, -0.05) is 329 Å². The van der Waals surface area contributed by atoms with Crippen molar-refractivity contribution in [1.82, 2.24) is 0 Å². The molecule has 91 heavy (non-hydrogen) atoms. The van der Waals surface area contributed by atoms with Crippen LogP contribution in [0.15, 0.2) is 0 Å². The summed E-state index contributed by atoms with van der Waals surface area (Å²) in [5.41, 5.74) is 0. The Morgan fingerprint density at radius 3 is 0.648 bits per heavy atom. The van der Waals surface area contributed by atoms with Crippen LogP contribution < -0.4 is 0 Å². The molecule has 0 radical (unpaired) electrons. The fourth-order valence-corrected chi connectivity index (χ4v) is 12.6. The minimum Gasteiger partial charge on any atom is -0.462 e. The maximum absolute atomic E-state index is 13.0. The van der Waals surface area contributed by atoms with E-state index in [9.17, 15) is 43.2 Å². The summed E-state index contributed by atoms with van der Waals surface area (Å²) in [6.07, 6.45) is 55.8. The SMILES string of the molecule is CCCCCCCCCCCCCCCCCCCCCCCCC(=O)O[C@H](COC(=O)CCCCCCCCCCCCCC)COP(=O)(O)OC[C@@H](O)COP(=O)(O)OC[C@@H](COC(=O)CCCCCCCCC)OC(=O)CCCCCCCCCCCC. The molecular formula is C72H140O17P2. The second-order valence-corrected chi connectivity index (χ2v) is 28.9. The topological polar surface area (TPSA) is 237 Å². The highest BCUT2D eigenvalue weighted by Gasteiger charge is 2.30. The highest BCUT2D eigenvalue weighted by Crippen LogP contribution is 2.45. The molecule has 0 aromatic carbocycles. The Morgan fingerprint density at radius 1 is 0.264 bits per heavy atom. The van der Waals surface area contributed by atoms with Gasteiger partial charge in [-0.05, 0) is 25.7 Å². The molecule has 0 aliphatic carbocycles. The molecule has 3 N–H and O–H groups in total. The molecule has 540 valence electrons. The molecule has 0 heterocycles. The first-order valence-electron chi connectivity index (χ1n) is 37.8. The van der Waals surface area contributed by atoms with Gasteiger partial charge in [-0.3, -0.25) is 37.3 Å². The molecular weight excluding hydrogens is 1200 g/mol. The fraction of sp³-hybridized carbons (Fsp3) is 0.944. The summed E-state index contributed by atoms with van der Waals surface area (Å²) < 4.78 is 68.2. The monoisotopic (exact) mass is 1340 g/mol. The quantitative estimate of drug-likeness (QED) is 0.0222. The van der Waals surface area contributed by atoms with Gasteiger partial charge < -0.3 is 33.8 Å². The number of unbranched alkanes of at least 4 members (excludes halogenated alkanes) is 47. The normalized spacial score (nSPS) is 14.0. The Hall–Kier alpha value is -1.94. The summed E-state index contributed by atoms with van der Waals surface area (Å²) in [6.45, 7) is 4.90. The van der Waals surface area contributed by atoms with Gasteiger partial charge in [0.1, 0.15) is 19.3 Å². The van der Waals surface area contributed by atoms with Crippen molar-refractivity contribution >= 4 is 39.5 Å². The van der Waals surface area contributed by atoms with Gasteiger partial charge in [0.05, 0.1) is 26.4 Å². The van der Waals surface area contributed by atoms with Crippen LogP contribution in [-0.4, -0.2) is 96.7 Å². The van der Waals surface area contributed by atoms with Crippen LogP contribution in [0.1, 0.15) is 381 Å². The zero-order valence-corrected chi connectivity index (χ0v) is 60.6. The Labute approximate surface area is 556 Å². The largest absolute Gasteiger partial charge is 0.472 e. The number of phosphoric acid groups is 2. The molecule has 0 rings (SSSR count). The lowest BCUT2D eigenvalue weighted by molar-refractivity contribution is -0.161. The molecule has 2 unspecified atom stereocenters. The molecule has 0 aromatic heterocycles. The van der Waals surface area contributed by atoms with E-state index in [0.29, 0.717) is 25.7 Å². The third kappa shape index (κ3) is 66.5. The predicted octanol–water partition coefficient (Wildman–Crippen LogP) is 21.1. The average molecular weight is 1340 g/mol. The van der Waals surface area contributed by atoms with Gasteiger partial charge in [0.2, 0.25) is 0 Å². The van der Waals surface area contributed by atoms with Gasteiger partial charge in [0, 0.05) is 25.7 Å². The first-order valence-corrected chi connectivity index (χ1v) is 40.8. The molecule has 0 fully saturated rings. The van der Waals surface area contributed by atoms with Gasteiger partial charge >= 0.3 is 39.5 Å². The first-order chi connectivity index (χ1) is 44.2. The van der Waals surface area contributed by atoms with Crippen molar-refractivity contribution in [3.05, 3.63) is 0 Å². The van der Waals surface area contributed by atoms with Crippen molar-refractivity contribution < 1.29 is 80.2 Å². The molecule has 0 spiro atoms. The second kappa shape index (κ2) is 66.7. The highest BCUT2D eigenvalue weighted by atomic mass is 31.2. The first kappa shape index (κ1) is 89.1. The number of carbonyl (C=O) groups excluding carboxylic acids is 4. The Morgan fingerprint density at radius 2 is 0.440 bits per heavy atom. The van der Waals surface area contributed by atoms with Crippen molar-refractivity contribution in [2.45, 2.75) is 399 Å². The van der Waals surface area contributed by atoms with Gasteiger partial charge in [0.25, 0.3) is 0 Å². The minimum atomic E-state index is -4.95. The molecule has 0 aliphatic heterocycles. The Bertz CT molecular complexity index is 1740. The van der Waals surface area contributed by atoms with E-state index >= 15 is 0 Å². The van der Waals surface area contributed by atoms with Crippen molar-refractivity contribution in [2.75, 3.05) is 39.6 Å². The van der Waals surface area contributed by atoms with Crippen LogP contribution in [0.5, 0.6) is 0 Å². The average Bonchev–Trinajstić information content (AvgIpc) is 3.37. The minimum absolute atomic E-state index is 0.107. The lowest BCUT2D eigenvalue weighted by Gasteiger charge is -2.21. The van der Waals surface area contributed by atoms with Crippen LogP contribution in [0.25, 0.3) is 0 Å². The van der Waals surface area contributed by atoms with E-state index in [1.807, 2.05) is 0 Å². The maximum Gasteiger partial charge on any atom is 0.472 e. The van der Waals surface area contributed by atoms with E-state index in [0.717, 1.165) is 103 Å². The maximum atomic E-state index is 13.0. The van der Waals surface area contributed by atoms with Crippen molar-refractivity contribution in [3.8, 4) is 0 Å². The molecule has 5 atom stereocenters. The van der Waals surface area contributed by atoms with Crippen molar-refractivity contribution in [2.24, 2.45) is 0 Å². The molecule has 0 bridgehead atoms. The number of hydrogen-bond acceptors (Lipinski definition) is 15. The summed E-state index contributed by atoms with van der Waals surface area (Å²) in [6, 6.07) is 0. The van der Waals surface area contributed by atoms with Gasteiger partial charge in [-0.2, -0.15) is 0 Å². The van der Waals surface area contributed by atoms with Crippen LogP contribution >= 0.6 is 15.6 Å². The molecule has 0 aromatic rings. The highest BCUT2D eigenvalue weighted by molar-refractivity contribution is 7.47. The molecule has 0 saturated heterocycles. The smallest absolute Gasteiger partial charge is 0.462 e. The fourth-order valence-electron chi connectivity index (χ4n) is 11.0. The Kier molecular flexibility index (Phi) is 65.2. The summed E-state index contributed by atoms with van der Waals surface area (Å²) in [5.74, 6) is -2.12. The number of aliphatic hydroxyl groups excluding tert-OH is 1. The standard InChI is InChI=1S/C72H140O17P2/c1-5-9-13-17-21-24-27-29-30-31-32-33-34-35-36-37-38-40-43-47-51-55-59-72(77)89-68(63-83-70(75)57-53-49-45-42-39-28-25-22-18-14-10-6-2)65-87-91(80,81)85-61-66(73)60-84-90(78,79)86-64-67(62-82-69(74)56-52-48-44-20-16-12-8-4)88-71(76)58-54-50-46-41-26-23-19-15-11-7-3/h66-68,73H,5-65H2,1-4H3,(H,78,79)(H,80,81)/t66-,67+,68+/m0/s1.